The monoisotopic (exact) mass is 264 g/mol. The summed E-state index contributed by atoms with van der Waals surface area (Å²) in [5, 5.41) is 10.1. The smallest absolute Gasteiger partial charge is 0.119 e. The number of benzene rings is 1. The molecule has 0 amide bonds. The molecule has 2 aromatic rings. The molecule has 4 heteroatoms. The Kier molecular flexibility index (Phi) is 4.73. The summed E-state index contributed by atoms with van der Waals surface area (Å²) in [5.41, 5.74) is 0.876. The Morgan fingerprint density at radius 2 is 2.22 bits per heavy atom. The van der Waals surface area contributed by atoms with Crippen LogP contribution >= 0.6 is 11.8 Å². The fraction of sp³-hybridized carbons (Fsp3) is 0.286. The Hall–Kier alpha value is -1.39. The van der Waals surface area contributed by atoms with Crippen molar-refractivity contribution < 1.29 is 14.3 Å². The van der Waals surface area contributed by atoms with Gasteiger partial charge in [0.15, 0.2) is 0 Å². The van der Waals surface area contributed by atoms with Gasteiger partial charge in [0.1, 0.15) is 11.5 Å². The van der Waals surface area contributed by atoms with Gasteiger partial charge in [-0.3, -0.25) is 0 Å². The van der Waals surface area contributed by atoms with Crippen LogP contribution in [0.5, 0.6) is 5.75 Å². The molecule has 1 aromatic carbocycles. The van der Waals surface area contributed by atoms with Gasteiger partial charge in [0, 0.05) is 5.75 Å². The maximum Gasteiger partial charge on any atom is 0.119 e. The Labute approximate surface area is 111 Å². The summed E-state index contributed by atoms with van der Waals surface area (Å²) < 4.78 is 10.4. The van der Waals surface area contributed by atoms with Crippen LogP contribution in [0.3, 0.4) is 0 Å². The first kappa shape index (κ1) is 13.1. The van der Waals surface area contributed by atoms with Crippen LogP contribution in [0.4, 0.5) is 0 Å². The highest BCUT2D eigenvalue weighted by Gasteiger charge is 2.09. The molecular formula is C14H16O3S. The van der Waals surface area contributed by atoms with Gasteiger partial charge in [-0.25, -0.2) is 0 Å². The molecule has 0 aliphatic carbocycles. The largest absolute Gasteiger partial charge is 0.497 e. The molecule has 0 aliphatic rings. The quantitative estimate of drug-likeness (QED) is 0.869. The van der Waals surface area contributed by atoms with Crippen molar-refractivity contribution in [2.45, 2.75) is 11.9 Å². The highest BCUT2D eigenvalue weighted by atomic mass is 32.2. The van der Waals surface area contributed by atoms with E-state index in [2.05, 4.69) is 0 Å². The van der Waals surface area contributed by atoms with E-state index in [1.165, 1.54) is 0 Å². The number of hydrogen-bond acceptors (Lipinski definition) is 4. The minimum absolute atomic E-state index is 0.486. The standard InChI is InChI=1S/C14H16O3S/c1-16-12-5-2-4-11(8-12)14(15)10-18-9-13-6-3-7-17-13/h2-8,14-15H,9-10H2,1H3. The molecule has 1 atom stereocenters. The molecule has 1 aromatic heterocycles. The predicted molar refractivity (Wildman–Crippen MR) is 72.8 cm³/mol. The summed E-state index contributed by atoms with van der Waals surface area (Å²) in [6.45, 7) is 0. The van der Waals surface area contributed by atoms with Gasteiger partial charge in [-0.05, 0) is 29.8 Å². The van der Waals surface area contributed by atoms with E-state index in [1.807, 2.05) is 36.4 Å². The summed E-state index contributed by atoms with van der Waals surface area (Å²) >= 11 is 1.64. The van der Waals surface area contributed by atoms with Gasteiger partial charge in [-0.15, -0.1) is 0 Å². The molecule has 1 heterocycles. The Balaban J connectivity index is 1.85. The van der Waals surface area contributed by atoms with Gasteiger partial charge in [0.2, 0.25) is 0 Å². The zero-order chi connectivity index (χ0) is 12.8. The third kappa shape index (κ3) is 3.55. The molecule has 0 radical (unpaired) electrons. The van der Waals surface area contributed by atoms with E-state index in [4.69, 9.17) is 9.15 Å². The van der Waals surface area contributed by atoms with E-state index in [-0.39, 0.29) is 0 Å². The second-order valence-corrected chi connectivity index (χ2v) is 4.92. The normalized spacial score (nSPS) is 12.3. The lowest BCUT2D eigenvalue weighted by molar-refractivity contribution is 0.203. The number of rotatable bonds is 6. The van der Waals surface area contributed by atoms with Gasteiger partial charge in [-0.2, -0.15) is 11.8 Å². The number of aliphatic hydroxyl groups excluding tert-OH is 1. The van der Waals surface area contributed by atoms with Crippen molar-refractivity contribution in [2.75, 3.05) is 12.9 Å². The lowest BCUT2D eigenvalue weighted by atomic mass is 10.1. The predicted octanol–water partition coefficient (Wildman–Crippen LogP) is 3.26. The number of furan rings is 1. The van der Waals surface area contributed by atoms with Crippen molar-refractivity contribution >= 4 is 11.8 Å². The molecule has 0 saturated carbocycles. The van der Waals surface area contributed by atoms with Gasteiger partial charge >= 0.3 is 0 Å². The van der Waals surface area contributed by atoms with Crippen LogP contribution in [0.2, 0.25) is 0 Å². The molecule has 0 fully saturated rings. The van der Waals surface area contributed by atoms with Crippen molar-refractivity contribution in [3.05, 3.63) is 54.0 Å². The van der Waals surface area contributed by atoms with Crippen molar-refractivity contribution in [3.63, 3.8) is 0 Å². The second kappa shape index (κ2) is 6.52. The lowest BCUT2D eigenvalue weighted by Crippen LogP contribution is -2.01. The van der Waals surface area contributed by atoms with Crippen molar-refractivity contribution in [1.82, 2.24) is 0 Å². The lowest BCUT2D eigenvalue weighted by Gasteiger charge is -2.11. The summed E-state index contributed by atoms with van der Waals surface area (Å²) in [6, 6.07) is 11.3. The number of thioether (sulfide) groups is 1. The van der Waals surface area contributed by atoms with Crippen LogP contribution in [-0.4, -0.2) is 18.0 Å². The summed E-state index contributed by atoms with van der Waals surface area (Å²) in [5.74, 6) is 3.10. The number of aliphatic hydroxyl groups is 1. The molecule has 0 bridgehead atoms. The Bertz CT molecular complexity index is 468. The van der Waals surface area contributed by atoms with Gasteiger partial charge in [-0.1, -0.05) is 12.1 Å². The highest BCUT2D eigenvalue weighted by Crippen LogP contribution is 2.24. The Morgan fingerprint density at radius 1 is 1.33 bits per heavy atom. The van der Waals surface area contributed by atoms with Crippen molar-refractivity contribution in [2.24, 2.45) is 0 Å². The second-order valence-electron chi connectivity index (χ2n) is 3.89. The first-order chi connectivity index (χ1) is 8.79. The van der Waals surface area contributed by atoms with E-state index in [0.29, 0.717) is 5.75 Å². The molecule has 2 rings (SSSR count). The van der Waals surface area contributed by atoms with Crippen LogP contribution in [0.15, 0.2) is 47.1 Å². The fourth-order valence-electron chi connectivity index (χ4n) is 1.61. The van der Waals surface area contributed by atoms with E-state index >= 15 is 0 Å². The summed E-state index contributed by atoms with van der Waals surface area (Å²) in [6.07, 6.45) is 1.18. The first-order valence-electron chi connectivity index (χ1n) is 5.71. The first-order valence-corrected chi connectivity index (χ1v) is 6.87. The molecule has 1 N–H and O–H groups in total. The van der Waals surface area contributed by atoms with E-state index in [1.54, 1.807) is 25.1 Å². The maximum absolute atomic E-state index is 10.1. The van der Waals surface area contributed by atoms with Gasteiger partial charge < -0.3 is 14.3 Å². The number of methoxy groups -OCH3 is 1. The SMILES string of the molecule is COc1cccc(C(O)CSCc2ccco2)c1. The molecule has 3 nitrogen and oxygen atoms in total. The van der Waals surface area contributed by atoms with Gasteiger partial charge in [0.25, 0.3) is 0 Å². The minimum atomic E-state index is -0.486. The topological polar surface area (TPSA) is 42.6 Å². The van der Waals surface area contributed by atoms with Crippen molar-refractivity contribution in [1.29, 1.82) is 0 Å². The van der Waals surface area contributed by atoms with Crippen LogP contribution < -0.4 is 4.74 Å². The van der Waals surface area contributed by atoms with Crippen LogP contribution in [-0.2, 0) is 5.75 Å². The van der Waals surface area contributed by atoms with Crippen molar-refractivity contribution in [3.8, 4) is 5.75 Å². The molecule has 0 spiro atoms. The average molecular weight is 264 g/mol. The maximum atomic E-state index is 10.1. The highest BCUT2D eigenvalue weighted by molar-refractivity contribution is 7.98. The molecule has 0 aliphatic heterocycles. The zero-order valence-electron chi connectivity index (χ0n) is 10.2. The molecule has 18 heavy (non-hydrogen) atoms. The summed E-state index contributed by atoms with van der Waals surface area (Å²) in [7, 11) is 1.62. The average Bonchev–Trinajstić information content (AvgIpc) is 2.92. The fourth-order valence-corrected chi connectivity index (χ4v) is 2.51. The number of hydrogen-bond donors (Lipinski definition) is 1. The number of ether oxygens (including phenoxy) is 1. The van der Waals surface area contributed by atoms with E-state index in [0.717, 1.165) is 22.8 Å². The Morgan fingerprint density at radius 3 is 2.94 bits per heavy atom. The molecule has 96 valence electrons. The van der Waals surface area contributed by atoms with Crippen LogP contribution in [0.25, 0.3) is 0 Å². The third-order valence-corrected chi connectivity index (χ3v) is 3.62. The molecule has 1 unspecified atom stereocenters. The summed E-state index contributed by atoms with van der Waals surface area (Å²) in [4.78, 5) is 0. The molecular weight excluding hydrogens is 248 g/mol. The molecule has 0 saturated heterocycles. The van der Waals surface area contributed by atoms with Crippen LogP contribution in [0, 0.1) is 0 Å². The van der Waals surface area contributed by atoms with Gasteiger partial charge in [0.05, 0.1) is 25.2 Å². The third-order valence-electron chi connectivity index (χ3n) is 2.58. The zero-order valence-corrected chi connectivity index (χ0v) is 11.0. The van der Waals surface area contributed by atoms with E-state index < -0.39 is 6.10 Å². The van der Waals surface area contributed by atoms with E-state index in [9.17, 15) is 5.11 Å². The van der Waals surface area contributed by atoms with Crippen LogP contribution in [0.1, 0.15) is 17.4 Å². The minimum Gasteiger partial charge on any atom is -0.497 e.